The van der Waals surface area contributed by atoms with E-state index in [1.165, 1.54) is 6.04 Å². The maximum Gasteiger partial charge on any atom is 0.118 e. The SMILES string of the molecule is C[Si](C)(C)CC/C=C\C[C@H](O)C#Cc1ccccc1. The molecular weight excluding hydrogens is 248 g/mol. The van der Waals surface area contributed by atoms with Crippen LogP contribution in [0.3, 0.4) is 0 Å². The van der Waals surface area contributed by atoms with Crippen molar-refractivity contribution in [3.8, 4) is 11.8 Å². The number of allylic oxidation sites excluding steroid dienone is 1. The van der Waals surface area contributed by atoms with Crippen molar-refractivity contribution in [1.29, 1.82) is 0 Å². The van der Waals surface area contributed by atoms with Gasteiger partial charge in [-0.3, -0.25) is 0 Å². The molecule has 0 aliphatic carbocycles. The lowest BCUT2D eigenvalue weighted by Crippen LogP contribution is -2.18. The molecule has 0 radical (unpaired) electrons. The van der Waals surface area contributed by atoms with Gasteiger partial charge >= 0.3 is 0 Å². The molecule has 0 heterocycles. The lowest BCUT2D eigenvalue weighted by molar-refractivity contribution is 0.236. The summed E-state index contributed by atoms with van der Waals surface area (Å²) in [5.74, 6) is 5.85. The zero-order valence-corrected chi connectivity index (χ0v) is 13.2. The Kier molecular flexibility index (Phi) is 6.62. The zero-order valence-electron chi connectivity index (χ0n) is 12.2. The molecule has 1 atom stereocenters. The van der Waals surface area contributed by atoms with Crippen LogP contribution in [0.25, 0.3) is 0 Å². The zero-order chi connectivity index (χ0) is 14.1. The number of hydrogen-bond donors (Lipinski definition) is 1. The van der Waals surface area contributed by atoms with Gasteiger partial charge in [0.05, 0.1) is 0 Å². The summed E-state index contributed by atoms with van der Waals surface area (Å²) in [4.78, 5) is 0. The molecule has 1 nitrogen and oxygen atoms in total. The second-order valence-corrected chi connectivity index (χ2v) is 11.6. The molecule has 1 N–H and O–H groups in total. The molecule has 0 saturated carbocycles. The first-order valence-corrected chi connectivity index (χ1v) is 10.6. The molecule has 0 aromatic heterocycles. The van der Waals surface area contributed by atoms with Gasteiger partial charge in [0.15, 0.2) is 0 Å². The Labute approximate surface area is 118 Å². The molecule has 1 aromatic carbocycles. The summed E-state index contributed by atoms with van der Waals surface area (Å²) in [6.07, 6.45) is 5.39. The van der Waals surface area contributed by atoms with Gasteiger partial charge in [-0.1, -0.05) is 67.9 Å². The molecule has 2 heteroatoms. The van der Waals surface area contributed by atoms with Crippen LogP contribution in [0.5, 0.6) is 0 Å². The number of benzene rings is 1. The van der Waals surface area contributed by atoms with Crippen LogP contribution in [0.15, 0.2) is 42.5 Å². The first-order chi connectivity index (χ1) is 8.97. The van der Waals surface area contributed by atoms with Gasteiger partial charge in [-0.2, -0.15) is 0 Å². The highest BCUT2D eigenvalue weighted by Crippen LogP contribution is 2.11. The molecule has 0 saturated heterocycles. The van der Waals surface area contributed by atoms with Crippen LogP contribution >= 0.6 is 0 Å². The van der Waals surface area contributed by atoms with Crippen molar-refractivity contribution in [3.63, 3.8) is 0 Å². The van der Waals surface area contributed by atoms with Gasteiger partial charge in [0.25, 0.3) is 0 Å². The van der Waals surface area contributed by atoms with Gasteiger partial charge in [-0.05, 0) is 18.6 Å². The standard InChI is InChI=1S/C17H24OSi/c1-19(2,3)15-9-5-8-12-17(18)14-13-16-10-6-4-7-11-16/h4-8,10-11,17-18H,9,12,15H2,1-3H3/b8-5-/t17-/m0/s1. The molecule has 1 aromatic rings. The van der Waals surface area contributed by atoms with Crippen LogP contribution < -0.4 is 0 Å². The fourth-order valence-corrected chi connectivity index (χ4v) is 2.64. The maximum absolute atomic E-state index is 9.75. The monoisotopic (exact) mass is 272 g/mol. The maximum atomic E-state index is 9.75. The van der Waals surface area contributed by atoms with E-state index in [0.29, 0.717) is 6.42 Å². The summed E-state index contributed by atoms with van der Waals surface area (Å²) in [5.41, 5.74) is 0.948. The Hall–Kier alpha value is -1.30. The fraction of sp³-hybridized carbons (Fsp3) is 0.412. The fourth-order valence-electron chi connectivity index (χ4n) is 1.61. The minimum atomic E-state index is -0.935. The molecule has 0 unspecified atom stereocenters. The average molecular weight is 272 g/mol. The van der Waals surface area contributed by atoms with Crippen molar-refractivity contribution >= 4 is 8.07 Å². The highest BCUT2D eigenvalue weighted by Gasteiger charge is 2.10. The first-order valence-electron chi connectivity index (χ1n) is 6.87. The van der Waals surface area contributed by atoms with Crippen molar-refractivity contribution in [2.75, 3.05) is 0 Å². The van der Waals surface area contributed by atoms with Crippen molar-refractivity contribution in [1.82, 2.24) is 0 Å². The topological polar surface area (TPSA) is 20.2 Å². The Balaban J connectivity index is 2.31. The summed E-state index contributed by atoms with van der Waals surface area (Å²) in [5, 5.41) is 9.75. The quantitative estimate of drug-likeness (QED) is 0.486. The third-order valence-electron chi connectivity index (χ3n) is 2.74. The summed E-state index contributed by atoms with van der Waals surface area (Å²) in [6.45, 7) is 7.13. The van der Waals surface area contributed by atoms with E-state index in [2.05, 4.69) is 37.6 Å². The van der Waals surface area contributed by atoms with Crippen LogP contribution in [-0.2, 0) is 0 Å². The van der Waals surface area contributed by atoms with Crippen LogP contribution in [0, 0.1) is 11.8 Å². The van der Waals surface area contributed by atoms with Gasteiger partial charge in [-0.15, -0.1) is 0 Å². The highest BCUT2D eigenvalue weighted by atomic mass is 28.3. The van der Waals surface area contributed by atoms with Gasteiger partial charge in [0.1, 0.15) is 6.10 Å². The lowest BCUT2D eigenvalue weighted by atomic mass is 10.2. The van der Waals surface area contributed by atoms with Gasteiger partial charge < -0.3 is 5.11 Å². The minimum absolute atomic E-state index is 0.566. The number of aliphatic hydroxyl groups excluding tert-OH is 1. The average Bonchev–Trinajstić information content (AvgIpc) is 2.36. The molecule has 19 heavy (non-hydrogen) atoms. The van der Waals surface area contributed by atoms with Crippen molar-refractivity contribution in [3.05, 3.63) is 48.0 Å². The van der Waals surface area contributed by atoms with E-state index in [1.54, 1.807) is 0 Å². The summed E-state index contributed by atoms with van der Waals surface area (Å²) in [7, 11) is -0.935. The van der Waals surface area contributed by atoms with E-state index in [0.717, 1.165) is 12.0 Å². The molecular formula is C17H24OSi. The van der Waals surface area contributed by atoms with Crippen LogP contribution in [0.1, 0.15) is 18.4 Å². The second-order valence-electron chi connectivity index (χ2n) is 5.96. The summed E-state index contributed by atoms with van der Waals surface area (Å²) >= 11 is 0. The molecule has 0 amide bonds. The predicted molar refractivity (Wildman–Crippen MR) is 85.9 cm³/mol. The summed E-state index contributed by atoms with van der Waals surface area (Å²) in [6, 6.07) is 11.1. The Bertz CT molecular complexity index is 446. The van der Waals surface area contributed by atoms with E-state index in [4.69, 9.17) is 0 Å². The minimum Gasteiger partial charge on any atom is -0.380 e. The normalized spacial score (nSPS) is 13.1. The number of rotatable bonds is 5. The highest BCUT2D eigenvalue weighted by molar-refractivity contribution is 6.76. The molecule has 0 aliphatic heterocycles. The third-order valence-corrected chi connectivity index (χ3v) is 4.53. The Morgan fingerprint density at radius 1 is 1.16 bits per heavy atom. The predicted octanol–water partition coefficient (Wildman–Crippen LogP) is 4.07. The number of aliphatic hydroxyl groups is 1. The Morgan fingerprint density at radius 3 is 2.47 bits per heavy atom. The van der Waals surface area contributed by atoms with E-state index in [1.807, 2.05) is 36.4 Å². The van der Waals surface area contributed by atoms with E-state index in [9.17, 15) is 5.11 Å². The molecule has 0 bridgehead atoms. The van der Waals surface area contributed by atoms with Crippen LogP contribution in [-0.4, -0.2) is 19.3 Å². The molecule has 0 aliphatic rings. The van der Waals surface area contributed by atoms with E-state index in [-0.39, 0.29) is 0 Å². The molecule has 0 spiro atoms. The van der Waals surface area contributed by atoms with Gasteiger partial charge in [0.2, 0.25) is 0 Å². The largest absolute Gasteiger partial charge is 0.380 e. The van der Waals surface area contributed by atoms with E-state index < -0.39 is 14.2 Å². The van der Waals surface area contributed by atoms with E-state index >= 15 is 0 Å². The summed E-state index contributed by atoms with van der Waals surface area (Å²) < 4.78 is 0. The second kappa shape index (κ2) is 7.99. The van der Waals surface area contributed by atoms with Gasteiger partial charge in [-0.25, -0.2) is 0 Å². The van der Waals surface area contributed by atoms with Crippen LogP contribution in [0.4, 0.5) is 0 Å². The first kappa shape index (κ1) is 15.8. The smallest absolute Gasteiger partial charge is 0.118 e. The van der Waals surface area contributed by atoms with Crippen molar-refractivity contribution < 1.29 is 5.11 Å². The Morgan fingerprint density at radius 2 is 1.84 bits per heavy atom. The van der Waals surface area contributed by atoms with Crippen LogP contribution in [0.2, 0.25) is 25.7 Å². The number of hydrogen-bond acceptors (Lipinski definition) is 1. The lowest BCUT2D eigenvalue weighted by Gasteiger charge is -2.13. The van der Waals surface area contributed by atoms with Crippen molar-refractivity contribution in [2.45, 2.75) is 44.6 Å². The molecule has 0 fully saturated rings. The molecule has 1 rings (SSSR count). The third kappa shape index (κ3) is 8.42. The van der Waals surface area contributed by atoms with Crippen molar-refractivity contribution in [2.24, 2.45) is 0 Å². The molecule has 102 valence electrons. The van der Waals surface area contributed by atoms with Gasteiger partial charge in [0, 0.05) is 20.1 Å².